The van der Waals surface area contributed by atoms with Gasteiger partial charge in [-0.3, -0.25) is 4.79 Å². The molecule has 170 valence electrons. The summed E-state index contributed by atoms with van der Waals surface area (Å²) in [5, 5.41) is 7.06. The number of carbonyl (C=O) groups excluding carboxylic acids is 1. The van der Waals surface area contributed by atoms with Crippen LogP contribution in [-0.2, 0) is 7.05 Å². The summed E-state index contributed by atoms with van der Waals surface area (Å²) in [6, 6.07) is 3.15. The number of nitrogens with zero attached hydrogens (tertiary/aromatic N) is 7. The molecule has 1 amide bonds. The predicted octanol–water partition coefficient (Wildman–Crippen LogP) is 2.91. The summed E-state index contributed by atoms with van der Waals surface area (Å²) in [7, 11) is 3.38. The molecule has 0 unspecified atom stereocenters. The number of aryl methyl sites for hydroxylation is 2. The quantitative estimate of drug-likeness (QED) is 0.499. The van der Waals surface area contributed by atoms with Crippen LogP contribution in [0.4, 0.5) is 16.0 Å². The van der Waals surface area contributed by atoms with E-state index in [2.05, 4.69) is 25.3 Å². The average Bonchev–Trinajstić information content (AvgIpc) is 3.52. The smallest absolute Gasteiger partial charge is 0.262 e. The maximum atomic E-state index is 14.0. The van der Waals surface area contributed by atoms with Crippen molar-refractivity contribution in [2.75, 3.05) is 23.9 Å². The molecule has 33 heavy (non-hydrogen) atoms. The van der Waals surface area contributed by atoms with Crippen LogP contribution in [0.5, 0.6) is 5.88 Å². The van der Waals surface area contributed by atoms with E-state index >= 15 is 0 Å². The summed E-state index contributed by atoms with van der Waals surface area (Å²) in [6.07, 6.45) is 7.84. The normalized spacial score (nSPS) is 15.9. The zero-order chi connectivity index (χ0) is 23.1. The van der Waals surface area contributed by atoms with Crippen LogP contribution in [0, 0.1) is 12.7 Å². The summed E-state index contributed by atoms with van der Waals surface area (Å²) in [4.78, 5) is 28.1. The number of fused-ring (bicyclic) bond motifs is 1. The first kappa shape index (κ1) is 20.9. The molecule has 4 aromatic rings. The lowest BCUT2D eigenvalue weighted by atomic mass is 10.1. The third-order valence-electron chi connectivity index (χ3n) is 5.89. The maximum Gasteiger partial charge on any atom is 0.262 e. The second kappa shape index (κ2) is 8.15. The highest BCUT2D eigenvalue weighted by molar-refractivity contribution is 6.07. The Morgan fingerprint density at radius 1 is 1.30 bits per heavy atom. The lowest BCUT2D eigenvalue weighted by Gasteiger charge is -2.26. The van der Waals surface area contributed by atoms with E-state index in [1.54, 1.807) is 16.9 Å². The first-order valence-electron chi connectivity index (χ1n) is 10.6. The Morgan fingerprint density at radius 3 is 2.91 bits per heavy atom. The number of imidazole rings is 1. The van der Waals surface area contributed by atoms with Gasteiger partial charge in [0.1, 0.15) is 23.0 Å². The van der Waals surface area contributed by atoms with Gasteiger partial charge in [0.15, 0.2) is 11.5 Å². The Kier molecular flexibility index (Phi) is 5.15. The van der Waals surface area contributed by atoms with E-state index in [0.717, 1.165) is 31.4 Å². The Bertz CT molecular complexity index is 1330. The zero-order valence-electron chi connectivity index (χ0n) is 18.5. The van der Waals surface area contributed by atoms with Crippen molar-refractivity contribution in [3.8, 4) is 5.88 Å². The fourth-order valence-electron chi connectivity index (χ4n) is 4.20. The van der Waals surface area contributed by atoms with Crippen molar-refractivity contribution in [3.05, 3.63) is 59.7 Å². The lowest BCUT2D eigenvalue weighted by Crippen LogP contribution is -2.24. The molecule has 0 saturated carbocycles. The number of hydrogen-bond donors (Lipinski definition) is 1. The van der Waals surface area contributed by atoms with Crippen LogP contribution >= 0.6 is 0 Å². The van der Waals surface area contributed by atoms with Gasteiger partial charge in [-0.2, -0.15) is 5.10 Å². The largest absolute Gasteiger partial charge is 0.481 e. The Balaban J connectivity index is 1.48. The van der Waals surface area contributed by atoms with E-state index in [1.165, 1.54) is 19.4 Å². The molecule has 1 aliphatic heterocycles. The molecule has 0 aliphatic carbocycles. The second-order valence-corrected chi connectivity index (χ2v) is 7.95. The van der Waals surface area contributed by atoms with Crippen LogP contribution in [0.1, 0.15) is 40.6 Å². The highest BCUT2D eigenvalue weighted by Gasteiger charge is 2.31. The van der Waals surface area contributed by atoms with Crippen molar-refractivity contribution in [1.29, 1.82) is 0 Å². The SMILES string of the molecule is COc1ncc(F)cc1[C@H]1CCCN1c1ccn2ncc(C(=O)Nc3cn(C)c(C)n3)c2n1. The molecule has 1 atom stereocenters. The molecule has 1 N–H and O–H groups in total. The number of nitrogens with one attached hydrogen (secondary N) is 1. The molecule has 10 nitrogen and oxygen atoms in total. The van der Waals surface area contributed by atoms with Crippen LogP contribution in [0.15, 0.2) is 36.9 Å². The van der Waals surface area contributed by atoms with Gasteiger partial charge >= 0.3 is 0 Å². The van der Waals surface area contributed by atoms with Crippen molar-refractivity contribution in [2.24, 2.45) is 7.05 Å². The van der Waals surface area contributed by atoms with Crippen molar-refractivity contribution in [1.82, 2.24) is 29.1 Å². The zero-order valence-corrected chi connectivity index (χ0v) is 18.5. The molecule has 4 aromatic heterocycles. The third kappa shape index (κ3) is 3.75. The first-order valence-corrected chi connectivity index (χ1v) is 10.6. The highest BCUT2D eigenvalue weighted by Crippen LogP contribution is 2.38. The number of ether oxygens (including phenoxy) is 1. The maximum absolute atomic E-state index is 14.0. The van der Waals surface area contributed by atoms with Gasteiger partial charge in [-0.15, -0.1) is 0 Å². The summed E-state index contributed by atoms with van der Waals surface area (Å²) in [6.45, 7) is 2.59. The molecule has 1 aliphatic rings. The molecular weight excluding hydrogens is 427 g/mol. The number of amides is 1. The topological polar surface area (TPSA) is 102 Å². The molecule has 11 heteroatoms. The predicted molar refractivity (Wildman–Crippen MR) is 119 cm³/mol. The summed E-state index contributed by atoms with van der Waals surface area (Å²) in [5.41, 5.74) is 1.43. The number of hydrogen-bond acceptors (Lipinski definition) is 7. The van der Waals surface area contributed by atoms with Gasteiger partial charge in [0.2, 0.25) is 5.88 Å². The molecule has 0 aromatic carbocycles. The number of aromatic nitrogens is 6. The standard InChI is InChI=1S/C22H23FN8O2/c1-13-26-18(12-29(13)2)27-21(32)16-11-25-31-8-6-19(28-20(16)31)30-7-4-5-17(30)15-9-14(23)10-24-22(15)33-3/h6,8-12,17H,4-5,7H2,1-3H3,(H,27,32)/t17-/m1/s1. The minimum atomic E-state index is -0.416. The molecule has 5 heterocycles. The third-order valence-corrected chi connectivity index (χ3v) is 5.89. The molecule has 0 radical (unpaired) electrons. The number of pyridine rings is 1. The Hall–Kier alpha value is -4.02. The van der Waals surface area contributed by atoms with Gasteiger partial charge in [0.05, 0.1) is 25.5 Å². The molecule has 0 spiro atoms. The monoisotopic (exact) mass is 450 g/mol. The van der Waals surface area contributed by atoms with Crippen LogP contribution in [0.3, 0.4) is 0 Å². The summed E-state index contributed by atoms with van der Waals surface area (Å²) >= 11 is 0. The minimum absolute atomic E-state index is 0.144. The lowest BCUT2D eigenvalue weighted by molar-refractivity contribution is 0.102. The molecule has 0 bridgehead atoms. The van der Waals surface area contributed by atoms with Gasteiger partial charge in [-0.1, -0.05) is 0 Å². The van der Waals surface area contributed by atoms with Crippen molar-refractivity contribution < 1.29 is 13.9 Å². The Labute approximate surface area is 189 Å². The number of carbonyl (C=O) groups is 1. The van der Waals surface area contributed by atoms with E-state index in [4.69, 9.17) is 9.72 Å². The molecular formula is C22H23FN8O2. The minimum Gasteiger partial charge on any atom is -0.481 e. The van der Waals surface area contributed by atoms with Gasteiger partial charge in [-0.25, -0.2) is 23.9 Å². The summed E-state index contributed by atoms with van der Waals surface area (Å²) < 4.78 is 22.7. The van der Waals surface area contributed by atoms with Gasteiger partial charge in [0, 0.05) is 31.5 Å². The number of methoxy groups -OCH3 is 1. The van der Waals surface area contributed by atoms with Gasteiger partial charge in [0.25, 0.3) is 5.91 Å². The van der Waals surface area contributed by atoms with E-state index in [1.807, 2.05) is 24.6 Å². The highest BCUT2D eigenvalue weighted by atomic mass is 19.1. The van der Waals surface area contributed by atoms with Crippen molar-refractivity contribution in [2.45, 2.75) is 25.8 Å². The number of anilines is 2. The van der Waals surface area contributed by atoms with Crippen molar-refractivity contribution in [3.63, 3.8) is 0 Å². The van der Waals surface area contributed by atoms with Crippen LogP contribution < -0.4 is 15.0 Å². The van der Waals surface area contributed by atoms with Gasteiger partial charge < -0.3 is 19.5 Å². The fraction of sp³-hybridized carbons (Fsp3) is 0.318. The molecule has 5 rings (SSSR count). The second-order valence-electron chi connectivity index (χ2n) is 7.95. The summed E-state index contributed by atoms with van der Waals surface area (Å²) in [5.74, 6) is 1.54. The first-order chi connectivity index (χ1) is 15.9. The van der Waals surface area contributed by atoms with E-state index in [9.17, 15) is 9.18 Å². The molecule has 1 saturated heterocycles. The van der Waals surface area contributed by atoms with Crippen LogP contribution in [-0.4, -0.2) is 48.7 Å². The fourth-order valence-corrected chi connectivity index (χ4v) is 4.20. The van der Waals surface area contributed by atoms with Crippen LogP contribution in [0.25, 0.3) is 5.65 Å². The number of halogens is 1. The average molecular weight is 450 g/mol. The van der Waals surface area contributed by atoms with E-state index in [0.29, 0.717) is 34.3 Å². The Morgan fingerprint density at radius 2 is 2.15 bits per heavy atom. The van der Waals surface area contributed by atoms with Gasteiger partial charge in [-0.05, 0) is 31.9 Å². The van der Waals surface area contributed by atoms with E-state index < -0.39 is 5.82 Å². The van der Waals surface area contributed by atoms with E-state index in [-0.39, 0.29) is 11.9 Å². The molecule has 1 fully saturated rings. The van der Waals surface area contributed by atoms with Crippen LogP contribution in [0.2, 0.25) is 0 Å². The van der Waals surface area contributed by atoms with Crippen molar-refractivity contribution >= 4 is 23.2 Å². The number of rotatable bonds is 5.